The lowest BCUT2D eigenvalue weighted by Crippen LogP contribution is -2.41. The molecular formula is C22H30IN5O3. The zero-order chi connectivity index (χ0) is 21.2. The molecule has 168 valence electrons. The number of carbonyl (C=O) groups excluding carboxylic acids is 1. The van der Waals surface area contributed by atoms with E-state index in [4.69, 9.17) is 9.47 Å². The first-order chi connectivity index (χ1) is 14.7. The highest BCUT2D eigenvalue weighted by molar-refractivity contribution is 14.0. The quantitative estimate of drug-likeness (QED) is 0.271. The van der Waals surface area contributed by atoms with Crippen molar-refractivity contribution in [2.24, 2.45) is 4.99 Å². The molecule has 31 heavy (non-hydrogen) atoms. The fraction of sp³-hybridized carbons (Fsp3) is 0.409. The largest absolute Gasteiger partial charge is 0.493 e. The topological polar surface area (TPSA) is 96.9 Å². The number of aromatic nitrogens is 1. The van der Waals surface area contributed by atoms with Gasteiger partial charge >= 0.3 is 0 Å². The lowest BCUT2D eigenvalue weighted by Gasteiger charge is -2.20. The highest BCUT2D eigenvalue weighted by atomic mass is 127. The van der Waals surface area contributed by atoms with Gasteiger partial charge in [0, 0.05) is 25.4 Å². The van der Waals surface area contributed by atoms with Crippen molar-refractivity contribution in [3.63, 3.8) is 0 Å². The van der Waals surface area contributed by atoms with Crippen molar-refractivity contribution in [1.82, 2.24) is 15.6 Å². The first-order valence-corrected chi connectivity index (χ1v) is 10.2. The molecule has 1 aliphatic rings. The maximum atomic E-state index is 12.1. The first-order valence-electron chi connectivity index (χ1n) is 10.2. The number of methoxy groups -OCH3 is 1. The number of nitrogens with one attached hydrogen (secondary N) is 3. The Labute approximate surface area is 200 Å². The van der Waals surface area contributed by atoms with Gasteiger partial charge in [-0.1, -0.05) is 12.1 Å². The zero-order valence-electron chi connectivity index (χ0n) is 17.9. The average molecular weight is 539 g/mol. The van der Waals surface area contributed by atoms with Crippen LogP contribution < -0.4 is 25.4 Å². The summed E-state index contributed by atoms with van der Waals surface area (Å²) >= 11 is 0. The van der Waals surface area contributed by atoms with Crippen molar-refractivity contribution in [1.29, 1.82) is 0 Å². The summed E-state index contributed by atoms with van der Waals surface area (Å²) in [6.07, 6.45) is 8.02. The zero-order valence-corrected chi connectivity index (χ0v) is 20.2. The summed E-state index contributed by atoms with van der Waals surface area (Å²) in [5, 5.41) is 9.02. The van der Waals surface area contributed by atoms with Crippen molar-refractivity contribution >= 4 is 41.5 Å². The van der Waals surface area contributed by atoms with Crippen LogP contribution in [0.25, 0.3) is 0 Å². The van der Waals surface area contributed by atoms with Gasteiger partial charge < -0.3 is 25.4 Å². The summed E-state index contributed by atoms with van der Waals surface area (Å²) in [5.41, 5.74) is 1.63. The van der Waals surface area contributed by atoms with Gasteiger partial charge in [-0.15, -0.1) is 24.0 Å². The molecule has 0 atom stereocenters. The van der Waals surface area contributed by atoms with Crippen molar-refractivity contribution < 1.29 is 14.3 Å². The van der Waals surface area contributed by atoms with Gasteiger partial charge in [0.1, 0.15) is 0 Å². The number of amides is 1. The number of rotatable bonds is 8. The van der Waals surface area contributed by atoms with Crippen molar-refractivity contribution in [2.75, 3.05) is 26.0 Å². The number of hydrogen-bond donors (Lipinski definition) is 3. The number of pyridine rings is 1. The van der Waals surface area contributed by atoms with E-state index >= 15 is 0 Å². The molecule has 1 saturated carbocycles. The van der Waals surface area contributed by atoms with Gasteiger partial charge in [0.05, 0.1) is 31.6 Å². The van der Waals surface area contributed by atoms with Crippen molar-refractivity contribution in [2.45, 2.75) is 38.3 Å². The van der Waals surface area contributed by atoms with Crippen LogP contribution >= 0.6 is 24.0 Å². The van der Waals surface area contributed by atoms with E-state index in [0.29, 0.717) is 18.2 Å². The minimum absolute atomic E-state index is 0. The van der Waals surface area contributed by atoms with Gasteiger partial charge in [0.2, 0.25) is 5.91 Å². The third kappa shape index (κ3) is 7.57. The Morgan fingerprint density at radius 3 is 2.68 bits per heavy atom. The van der Waals surface area contributed by atoms with E-state index in [-0.39, 0.29) is 42.5 Å². The van der Waals surface area contributed by atoms with Gasteiger partial charge in [-0.2, -0.15) is 0 Å². The van der Waals surface area contributed by atoms with E-state index in [1.807, 2.05) is 18.2 Å². The number of hydrogen-bond acceptors (Lipinski definition) is 5. The number of anilines is 1. The molecule has 1 amide bonds. The summed E-state index contributed by atoms with van der Waals surface area (Å²) in [6.45, 7) is 0.571. The van der Waals surface area contributed by atoms with Crippen LogP contribution in [0.2, 0.25) is 0 Å². The van der Waals surface area contributed by atoms with Crippen LogP contribution in [0.3, 0.4) is 0 Å². The molecule has 0 spiro atoms. The fourth-order valence-corrected chi connectivity index (χ4v) is 3.37. The first kappa shape index (κ1) is 24.7. The molecule has 1 aromatic heterocycles. The third-order valence-corrected chi connectivity index (χ3v) is 4.90. The SMILES string of the molecule is CN=C(NCC(=O)Nc1cccnc1)NCc1cccc(OC)c1OC1CCCC1.I. The number of nitrogens with zero attached hydrogens (tertiary/aromatic N) is 2. The molecule has 2 aromatic rings. The normalized spacial score (nSPS) is 13.8. The van der Waals surface area contributed by atoms with E-state index in [9.17, 15) is 4.79 Å². The predicted octanol–water partition coefficient (Wildman–Crippen LogP) is 3.33. The lowest BCUT2D eigenvalue weighted by atomic mass is 10.1. The molecule has 1 fully saturated rings. The molecule has 1 aromatic carbocycles. The second-order valence-corrected chi connectivity index (χ2v) is 7.04. The highest BCUT2D eigenvalue weighted by Gasteiger charge is 2.20. The van der Waals surface area contributed by atoms with Crippen LogP contribution in [0.5, 0.6) is 11.5 Å². The lowest BCUT2D eigenvalue weighted by molar-refractivity contribution is -0.115. The Bertz CT molecular complexity index is 857. The summed E-state index contributed by atoms with van der Waals surface area (Å²) in [6, 6.07) is 9.40. The highest BCUT2D eigenvalue weighted by Crippen LogP contribution is 2.34. The molecule has 1 heterocycles. The van der Waals surface area contributed by atoms with Crippen molar-refractivity contribution in [3.05, 3.63) is 48.3 Å². The standard InChI is InChI=1S/C22H29N5O3.HI/c1-23-22(26-15-20(28)27-17-8-6-12-24-14-17)25-13-16-7-5-11-19(29-2)21(16)30-18-9-3-4-10-18;/h5-8,11-12,14,18H,3-4,9-10,13,15H2,1-2H3,(H,27,28)(H2,23,25,26);1H. The van der Waals surface area contributed by atoms with Gasteiger partial charge in [0.15, 0.2) is 17.5 Å². The summed E-state index contributed by atoms with van der Waals surface area (Å²) in [7, 11) is 3.31. The molecule has 0 unspecified atom stereocenters. The molecule has 3 rings (SSSR count). The van der Waals surface area contributed by atoms with Crippen LogP contribution in [0.15, 0.2) is 47.7 Å². The number of ether oxygens (including phenoxy) is 2. The van der Waals surface area contributed by atoms with E-state index < -0.39 is 0 Å². The molecule has 0 aliphatic heterocycles. The minimum Gasteiger partial charge on any atom is -0.493 e. The number of carbonyl (C=O) groups is 1. The van der Waals surface area contributed by atoms with E-state index in [0.717, 1.165) is 29.9 Å². The van der Waals surface area contributed by atoms with E-state index in [1.165, 1.54) is 12.8 Å². The molecule has 0 saturated heterocycles. The van der Waals surface area contributed by atoms with Crippen LogP contribution in [-0.4, -0.2) is 43.7 Å². The predicted molar refractivity (Wildman–Crippen MR) is 132 cm³/mol. The molecule has 1 aliphatic carbocycles. The van der Waals surface area contributed by atoms with Gasteiger partial charge in [-0.05, 0) is 43.9 Å². The Kier molecular flexibility index (Phi) is 10.3. The van der Waals surface area contributed by atoms with Crippen LogP contribution in [0.4, 0.5) is 5.69 Å². The Morgan fingerprint density at radius 2 is 2.00 bits per heavy atom. The maximum absolute atomic E-state index is 12.1. The number of guanidine groups is 1. The Morgan fingerprint density at radius 1 is 1.19 bits per heavy atom. The van der Waals surface area contributed by atoms with E-state index in [2.05, 4.69) is 25.9 Å². The average Bonchev–Trinajstić information content (AvgIpc) is 3.28. The monoisotopic (exact) mass is 539 g/mol. The summed E-state index contributed by atoms with van der Waals surface area (Å²) in [4.78, 5) is 20.3. The number of halogens is 1. The van der Waals surface area contributed by atoms with E-state index in [1.54, 1.807) is 38.7 Å². The summed E-state index contributed by atoms with van der Waals surface area (Å²) < 4.78 is 11.8. The Balaban J connectivity index is 0.00000341. The molecule has 0 bridgehead atoms. The van der Waals surface area contributed by atoms with Crippen LogP contribution in [0.1, 0.15) is 31.2 Å². The molecule has 3 N–H and O–H groups in total. The maximum Gasteiger partial charge on any atom is 0.243 e. The number of aliphatic imine (C=N–C) groups is 1. The molecule has 8 nitrogen and oxygen atoms in total. The minimum atomic E-state index is -0.183. The number of para-hydroxylation sites is 1. The second kappa shape index (κ2) is 13.0. The van der Waals surface area contributed by atoms with Gasteiger partial charge in [-0.25, -0.2) is 0 Å². The second-order valence-electron chi connectivity index (χ2n) is 7.04. The van der Waals surface area contributed by atoms with Crippen LogP contribution in [-0.2, 0) is 11.3 Å². The summed E-state index contributed by atoms with van der Waals surface area (Å²) in [5.74, 6) is 1.83. The smallest absolute Gasteiger partial charge is 0.243 e. The fourth-order valence-electron chi connectivity index (χ4n) is 3.37. The van der Waals surface area contributed by atoms with Gasteiger partial charge in [-0.3, -0.25) is 14.8 Å². The number of benzene rings is 1. The van der Waals surface area contributed by atoms with Crippen molar-refractivity contribution in [3.8, 4) is 11.5 Å². The molecule has 0 radical (unpaired) electrons. The van der Waals surface area contributed by atoms with Crippen LogP contribution in [0, 0.1) is 0 Å². The Hall–Kier alpha value is -2.56. The van der Waals surface area contributed by atoms with Gasteiger partial charge in [0.25, 0.3) is 0 Å². The third-order valence-electron chi connectivity index (χ3n) is 4.90. The molecular weight excluding hydrogens is 509 g/mol. The molecule has 9 heteroatoms.